The number of aromatic nitrogens is 4. The van der Waals surface area contributed by atoms with Gasteiger partial charge >= 0.3 is 6.18 Å². The van der Waals surface area contributed by atoms with Gasteiger partial charge in [-0.2, -0.15) is 26.9 Å². The van der Waals surface area contributed by atoms with Gasteiger partial charge in [-0.05, 0) is 43.5 Å². The third-order valence-electron chi connectivity index (χ3n) is 5.23. The monoisotopic (exact) mass is 501 g/mol. The van der Waals surface area contributed by atoms with Crippen LogP contribution in [0.1, 0.15) is 29.6 Å². The van der Waals surface area contributed by atoms with E-state index >= 15 is 0 Å². The number of pyridine rings is 2. The zero-order valence-electron chi connectivity index (χ0n) is 17.2. The summed E-state index contributed by atoms with van der Waals surface area (Å²) in [6.07, 6.45) is -2.95. The van der Waals surface area contributed by atoms with Crippen LogP contribution in [0, 0.1) is 17.3 Å². The maximum atomic E-state index is 14.4. The zero-order chi connectivity index (χ0) is 24.5. The number of hydrogen-bond acceptors (Lipinski definition) is 6. The van der Waals surface area contributed by atoms with Crippen LogP contribution in [0.2, 0.25) is 0 Å². The second-order valence-corrected chi connectivity index (χ2v) is 8.64. The summed E-state index contributed by atoms with van der Waals surface area (Å²) in [6.45, 7) is -0.186. The lowest BCUT2D eigenvalue weighted by Crippen LogP contribution is -2.27. The Morgan fingerprint density at radius 3 is 2.56 bits per heavy atom. The van der Waals surface area contributed by atoms with Gasteiger partial charge in [0.05, 0.1) is 17.6 Å². The fourth-order valence-electron chi connectivity index (χ4n) is 3.09. The molecule has 3 aromatic heterocycles. The van der Waals surface area contributed by atoms with Crippen LogP contribution >= 0.6 is 0 Å². The highest BCUT2D eigenvalue weighted by Gasteiger charge is 2.62. The predicted molar refractivity (Wildman–Crippen MR) is 107 cm³/mol. The van der Waals surface area contributed by atoms with Gasteiger partial charge in [0, 0.05) is 12.3 Å². The van der Waals surface area contributed by atoms with Crippen molar-refractivity contribution in [1.29, 1.82) is 0 Å². The summed E-state index contributed by atoms with van der Waals surface area (Å²) in [6, 6.07) is 7.21. The summed E-state index contributed by atoms with van der Waals surface area (Å²) in [4.78, 5) is 19.2. The number of carbonyl (C=O) groups excluding carboxylic acids is 1. The van der Waals surface area contributed by atoms with Crippen molar-refractivity contribution in [3.05, 3.63) is 60.1 Å². The largest absolute Gasteiger partial charge is 0.477 e. The van der Waals surface area contributed by atoms with Crippen molar-refractivity contribution >= 4 is 16.9 Å². The number of hydrogen-bond donors (Lipinski definition) is 1. The molecule has 1 amide bonds. The molecule has 0 aliphatic heterocycles. The van der Waals surface area contributed by atoms with E-state index in [9.17, 15) is 31.0 Å². The van der Waals surface area contributed by atoms with Gasteiger partial charge in [0.15, 0.2) is 21.8 Å². The number of nitrogens with zero attached hydrogens (tertiary/aromatic N) is 4. The van der Waals surface area contributed by atoms with E-state index in [-0.39, 0.29) is 42.6 Å². The van der Waals surface area contributed by atoms with Crippen molar-refractivity contribution in [2.24, 2.45) is 5.41 Å². The molecule has 0 bridgehead atoms. The number of alkyl halides is 3. The summed E-state index contributed by atoms with van der Waals surface area (Å²) < 4.78 is 87.0. The van der Waals surface area contributed by atoms with Gasteiger partial charge in [0.2, 0.25) is 17.8 Å². The molecule has 4 rings (SSSR count). The molecule has 180 valence electrons. The van der Waals surface area contributed by atoms with Gasteiger partial charge < -0.3 is 4.74 Å². The van der Waals surface area contributed by atoms with Crippen LogP contribution < -0.4 is 9.46 Å². The molecule has 1 fully saturated rings. The van der Waals surface area contributed by atoms with Crippen LogP contribution in [0.3, 0.4) is 0 Å². The summed E-state index contributed by atoms with van der Waals surface area (Å²) in [7, 11) is -2.23. The first kappa shape index (κ1) is 23.7. The molecule has 1 aliphatic rings. The minimum absolute atomic E-state index is 0.0278. The van der Waals surface area contributed by atoms with Crippen LogP contribution in [0.5, 0.6) is 5.88 Å². The molecule has 1 N–H and O–H groups in total. The first-order chi connectivity index (χ1) is 16.1. The molecule has 1 atom stereocenters. The summed E-state index contributed by atoms with van der Waals surface area (Å²) in [5.74, 6) is -3.17. The van der Waals surface area contributed by atoms with Crippen LogP contribution in [-0.2, 0) is 11.0 Å². The topological polar surface area (TPSA) is 99.0 Å². The number of amides is 1. The molecule has 0 spiro atoms. The second kappa shape index (κ2) is 9.08. The molecule has 1 saturated carbocycles. The van der Waals surface area contributed by atoms with Gasteiger partial charge in [0.25, 0.3) is 5.91 Å². The van der Waals surface area contributed by atoms with E-state index in [2.05, 4.69) is 15.1 Å². The van der Waals surface area contributed by atoms with E-state index in [0.717, 1.165) is 16.8 Å². The first-order valence-electron chi connectivity index (χ1n) is 9.85. The number of carbonyl (C=O) groups is 1. The highest BCUT2D eigenvalue weighted by atomic mass is 32.2. The van der Waals surface area contributed by atoms with Crippen molar-refractivity contribution in [2.45, 2.75) is 30.5 Å². The van der Waals surface area contributed by atoms with Crippen molar-refractivity contribution in [3.63, 3.8) is 0 Å². The number of rotatable bonds is 8. The lowest BCUT2D eigenvalue weighted by Gasteiger charge is -2.18. The smallest absolute Gasteiger partial charge is 0.394 e. The van der Waals surface area contributed by atoms with Gasteiger partial charge in [-0.3, -0.25) is 9.52 Å². The second-order valence-electron chi connectivity index (χ2n) is 7.48. The molecular formula is C20H16F5N5O3S. The van der Waals surface area contributed by atoms with Gasteiger partial charge in [0.1, 0.15) is 0 Å². The minimum Gasteiger partial charge on any atom is -0.477 e. The third kappa shape index (κ3) is 5.05. The number of ether oxygens (including phenoxy) is 1. The molecule has 0 saturated heterocycles. The fourth-order valence-corrected chi connectivity index (χ4v) is 3.85. The minimum atomic E-state index is -4.27. The van der Waals surface area contributed by atoms with E-state index < -0.39 is 45.9 Å². The van der Waals surface area contributed by atoms with Crippen molar-refractivity contribution in [3.8, 4) is 11.7 Å². The lowest BCUT2D eigenvalue weighted by molar-refractivity contribution is -0.190. The van der Waals surface area contributed by atoms with Crippen LogP contribution in [0.15, 0.2) is 47.6 Å². The maximum Gasteiger partial charge on any atom is 0.394 e. The Balaban J connectivity index is 1.38. The molecular weight excluding hydrogens is 485 g/mol. The molecule has 0 aromatic carbocycles. The van der Waals surface area contributed by atoms with Crippen molar-refractivity contribution in [1.82, 2.24) is 24.5 Å². The quantitative estimate of drug-likeness (QED) is 0.375. The lowest BCUT2D eigenvalue weighted by atomic mass is 10.0. The Morgan fingerprint density at radius 1 is 1.15 bits per heavy atom. The summed E-state index contributed by atoms with van der Waals surface area (Å²) >= 11 is 0. The highest BCUT2D eigenvalue weighted by molar-refractivity contribution is 7.83. The summed E-state index contributed by atoms with van der Waals surface area (Å²) in [5.41, 5.74) is -2.22. The highest BCUT2D eigenvalue weighted by Crippen LogP contribution is 2.59. The Morgan fingerprint density at radius 2 is 1.91 bits per heavy atom. The third-order valence-corrected chi connectivity index (χ3v) is 6.21. The molecule has 14 heteroatoms. The maximum absolute atomic E-state index is 14.4. The fraction of sp³-hybridized carbons (Fsp3) is 0.300. The van der Waals surface area contributed by atoms with Gasteiger partial charge in [-0.15, -0.1) is 5.10 Å². The molecule has 1 aliphatic carbocycles. The zero-order valence-corrected chi connectivity index (χ0v) is 18.0. The molecule has 3 aromatic rings. The first-order valence-corrected chi connectivity index (χ1v) is 11.0. The molecule has 34 heavy (non-hydrogen) atoms. The normalized spacial score (nSPS) is 15.6. The Labute approximate surface area is 191 Å². The molecule has 3 heterocycles. The van der Waals surface area contributed by atoms with E-state index in [1.807, 2.05) is 4.72 Å². The van der Waals surface area contributed by atoms with Crippen molar-refractivity contribution in [2.75, 3.05) is 6.61 Å². The van der Waals surface area contributed by atoms with E-state index in [1.54, 1.807) is 0 Å². The SMILES string of the molecule is O=C(NS(=O)c1cccc(F)n1)c1ccc(-n2ccc(OCCC3(C(F)(F)F)CC3)n2)nc1F. The van der Waals surface area contributed by atoms with Crippen LogP contribution in [-0.4, -0.2) is 42.6 Å². The molecule has 0 radical (unpaired) electrons. The van der Waals surface area contributed by atoms with Crippen LogP contribution in [0.25, 0.3) is 5.82 Å². The van der Waals surface area contributed by atoms with Crippen molar-refractivity contribution < 1.29 is 35.7 Å². The summed E-state index contributed by atoms with van der Waals surface area (Å²) in [5, 5.41) is 3.73. The van der Waals surface area contributed by atoms with E-state index in [1.165, 1.54) is 30.5 Å². The van der Waals surface area contributed by atoms with Gasteiger partial charge in [-0.1, -0.05) is 6.07 Å². The Kier molecular flexibility index (Phi) is 6.34. The van der Waals surface area contributed by atoms with E-state index in [4.69, 9.17) is 4.74 Å². The van der Waals surface area contributed by atoms with E-state index in [0.29, 0.717) is 0 Å². The average molecular weight is 501 g/mol. The average Bonchev–Trinajstić information content (AvgIpc) is 3.43. The number of halogens is 5. The number of nitrogens with one attached hydrogen (secondary N) is 1. The van der Waals surface area contributed by atoms with Crippen LogP contribution in [0.4, 0.5) is 22.0 Å². The Hall–Kier alpha value is -3.42. The predicted octanol–water partition coefficient (Wildman–Crippen LogP) is 3.50. The standard InChI is InChI=1S/C20H16F5N5O3S/c21-13-2-1-3-16(26-13)34(32)29-18(31)12-4-5-14(27-17(12)22)30-10-6-15(28-30)33-11-9-19(7-8-19)20(23,24)25/h1-6,10H,7-9,11H2,(H,29,31). The molecule has 8 nitrogen and oxygen atoms in total. The molecule has 1 unspecified atom stereocenters. The van der Waals surface area contributed by atoms with Gasteiger partial charge in [-0.25, -0.2) is 13.9 Å². The Bertz CT molecular complexity index is 1250.